The number of ketones is 1. The van der Waals surface area contributed by atoms with Crippen molar-refractivity contribution in [3.63, 3.8) is 0 Å². The van der Waals surface area contributed by atoms with Crippen LogP contribution in [0.5, 0.6) is 0 Å². The highest BCUT2D eigenvalue weighted by Gasteiger charge is 2.10. The molecule has 0 spiro atoms. The largest absolute Gasteiger partial charge is 0.346 e. The summed E-state index contributed by atoms with van der Waals surface area (Å²) in [6.07, 6.45) is 3.20. The van der Waals surface area contributed by atoms with E-state index in [4.69, 9.17) is 5.10 Å². The lowest BCUT2D eigenvalue weighted by Gasteiger charge is -2.06. The molecule has 0 aliphatic rings. The van der Waals surface area contributed by atoms with Gasteiger partial charge >= 0.3 is 0 Å². The third kappa shape index (κ3) is 3.88. The van der Waals surface area contributed by atoms with Crippen molar-refractivity contribution in [1.82, 2.24) is 9.78 Å². The van der Waals surface area contributed by atoms with Gasteiger partial charge in [0, 0.05) is 23.9 Å². The highest BCUT2D eigenvalue weighted by molar-refractivity contribution is 7.12. The van der Waals surface area contributed by atoms with Crippen molar-refractivity contribution >= 4 is 22.9 Å². The van der Waals surface area contributed by atoms with Crippen LogP contribution in [-0.4, -0.2) is 15.6 Å². The number of hydrogen-bond acceptors (Lipinski definition) is 4. The second kappa shape index (κ2) is 7.85. The molecule has 0 aliphatic carbocycles. The Bertz CT molecular complexity index is 1050. The molecule has 0 saturated carbocycles. The highest BCUT2D eigenvalue weighted by atomic mass is 32.1. The first-order valence-corrected chi connectivity index (χ1v) is 9.41. The Morgan fingerprint density at radius 2 is 1.70 bits per heavy atom. The summed E-state index contributed by atoms with van der Waals surface area (Å²) in [5, 5.41) is 9.83. The predicted molar refractivity (Wildman–Crippen MR) is 110 cm³/mol. The molecule has 4 nitrogen and oxygen atoms in total. The molecule has 0 fully saturated rings. The van der Waals surface area contributed by atoms with Crippen LogP contribution in [0.25, 0.3) is 16.9 Å². The molecule has 27 heavy (non-hydrogen) atoms. The van der Waals surface area contributed by atoms with Crippen LogP contribution in [0.15, 0.2) is 96.5 Å². The van der Waals surface area contributed by atoms with E-state index in [9.17, 15) is 4.79 Å². The van der Waals surface area contributed by atoms with Crippen LogP contribution in [0, 0.1) is 0 Å². The Kier molecular flexibility index (Phi) is 4.94. The van der Waals surface area contributed by atoms with Gasteiger partial charge in [0.05, 0.1) is 16.3 Å². The topological polar surface area (TPSA) is 46.9 Å². The molecule has 4 rings (SSSR count). The Hall–Kier alpha value is -3.44. The number of nitrogens with zero attached hydrogens (tertiary/aromatic N) is 2. The van der Waals surface area contributed by atoms with Gasteiger partial charge in [-0.3, -0.25) is 4.79 Å². The van der Waals surface area contributed by atoms with Gasteiger partial charge in [-0.25, -0.2) is 4.68 Å². The van der Waals surface area contributed by atoms with E-state index in [1.807, 2.05) is 88.9 Å². The maximum absolute atomic E-state index is 12.1. The van der Waals surface area contributed by atoms with Crippen LogP contribution < -0.4 is 5.32 Å². The molecule has 2 heterocycles. The highest BCUT2D eigenvalue weighted by Crippen LogP contribution is 2.24. The van der Waals surface area contributed by atoms with Gasteiger partial charge in [-0.15, -0.1) is 11.3 Å². The number of thiophene rings is 1. The molecular formula is C22H17N3OS. The maximum atomic E-state index is 12.1. The SMILES string of the molecule is O=C(/C=C/Nc1cc(-c2ccccc2)nn1-c1ccccc1)c1cccs1. The molecule has 5 heteroatoms. The summed E-state index contributed by atoms with van der Waals surface area (Å²) in [7, 11) is 0. The number of rotatable bonds is 6. The van der Waals surface area contributed by atoms with Crippen molar-refractivity contribution in [3.05, 3.63) is 101 Å². The predicted octanol–water partition coefficient (Wildman–Crippen LogP) is 5.41. The van der Waals surface area contributed by atoms with E-state index in [0.717, 1.165) is 27.6 Å². The number of nitrogens with one attached hydrogen (secondary N) is 1. The number of allylic oxidation sites excluding steroid dienone is 1. The molecule has 4 aromatic rings. The third-order valence-corrected chi connectivity index (χ3v) is 4.89. The van der Waals surface area contributed by atoms with Crippen LogP contribution in [0.3, 0.4) is 0 Å². The lowest BCUT2D eigenvalue weighted by molar-refractivity contribution is 0.105. The fourth-order valence-corrected chi connectivity index (χ4v) is 3.35. The normalized spacial score (nSPS) is 11.0. The zero-order valence-corrected chi connectivity index (χ0v) is 15.3. The standard InChI is InChI=1S/C22H17N3OS/c26-20(21-12-7-15-27-21)13-14-23-22-16-19(17-8-3-1-4-9-17)24-25(22)18-10-5-2-6-11-18/h1-16,23H/b14-13+. The second-order valence-corrected chi connectivity index (χ2v) is 6.80. The molecule has 0 aliphatic heterocycles. The monoisotopic (exact) mass is 371 g/mol. The van der Waals surface area contributed by atoms with Crippen LogP contribution in [0.1, 0.15) is 9.67 Å². The minimum absolute atomic E-state index is 0.0217. The van der Waals surface area contributed by atoms with Gasteiger partial charge in [0.25, 0.3) is 0 Å². The molecule has 132 valence electrons. The summed E-state index contributed by atoms with van der Waals surface area (Å²) in [5.41, 5.74) is 2.84. The van der Waals surface area contributed by atoms with Gasteiger partial charge in [-0.2, -0.15) is 5.10 Å². The quantitative estimate of drug-likeness (QED) is 0.364. The number of anilines is 1. The fourth-order valence-electron chi connectivity index (χ4n) is 2.70. The van der Waals surface area contributed by atoms with Crippen LogP contribution in [-0.2, 0) is 0 Å². The van der Waals surface area contributed by atoms with Gasteiger partial charge < -0.3 is 5.32 Å². The van der Waals surface area contributed by atoms with Crippen molar-refractivity contribution in [2.75, 3.05) is 5.32 Å². The molecule has 0 radical (unpaired) electrons. The Balaban J connectivity index is 1.64. The van der Waals surface area contributed by atoms with Crippen LogP contribution in [0.2, 0.25) is 0 Å². The lowest BCUT2D eigenvalue weighted by atomic mass is 10.2. The number of carbonyl (C=O) groups is 1. The van der Waals surface area contributed by atoms with E-state index in [-0.39, 0.29) is 5.78 Å². The molecule has 0 atom stereocenters. The second-order valence-electron chi connectivity index (χ2n) is 5.85. The Morgan fingerprint density at radius 1 is 0.963 bits per heavy atom. The minimum Gasteiger partial charge on any atom is -0.346 e. The van der Waals surface area contributed by atoms with Gasteiger partial charge in [-0.05, 0) is 23.6 Å². The third-order valence-electron chi connectivity index (χ3n) is 4.01. The molecule has 0 unspecified atom stereocenters. The summed E-state index contributed by atoms with van der Waals surface area (Å²) in [6.45, 7) is 0. The van der Waals surface area contributed by atoms with E-state index in [2.05, 4.69) is 5.32 Å². The Labute approximate surface area is 161 Å². The summed E-state index contributed by atoms with van der Waals surface area (Å²) in [6, 6.07) is 25.6. The summed E-state index contributed by atoms with van der Waals surface area (Å²) >= 11 is 1.43. The summed E-state index contributed by atoms with van der Waals surface area (Å²) < 4.78 is 1.84. The average Bonchev–Trinajstić information content (AvgIpc) is 3.40. The average molecular weight is 371 g/mol. The van der Waals surface area contributed by atoms with Gasteiger partial charge in [0.2, 0.25) is 0 Å². The van der Waals surface area contributed by atoms with E-state index >= 15 is 0 Å². The lowest BCUT2D eigenvalue weighted by Crippen LogP contribution is -2.02. The van der Waals surface area contributed by atoms with Gasteiger partial charge in [-0.1, -0.05) is 54.6 Å². The maximum Gasteiger partial charge on any atom is 0.197 e. The van der Waals surface area contributed by atoms with E-state index < -0.39 is 0 Å². The van der Waals surface area contributed by atoms with Crippen LogP contribution in [0.4, 0.5) is 5.82 Å². The number of hydrogen-bond donors (Lipinski definition) is 1. The molecule has 0 saturated heterocycles. The summed E-state index contributed by atoms with van der Waals surface area (Å²) in [5.74, 6) is 0.766. The zero-order chi connectivity index (χ0) is 18.5. The number of para-hydroxylation sites is 1. The number of aromatic nitrogens is 2. The van der Waals surface area contributed by atoms with Crippen molar-refractivity contribution < 1.29 is 4.79 Å². The summed E-state index contributed by atoms with van der Waals surface area (Å²) in [4.78, 5) is 12.9. The molecule has 0 bridgehead atoms. The first kappa shape index (κ1) is 17.0. The number of carbonyl (C=O) groups excluding carboxylic acids is 1. The van der Waals surface area contributed by atoms with Crippen molar-refractivity contribution in [3.8, 4) is 16.9 Å². The Morgan fingerprint density at radius 3 is 2.41 bits per heavy atom. The van der Waals surface area contributed by atoms with Crippen molar-refractivity contribution in [2.24, 2.45) is 0 Å². The molecule has 1 N–H and O–H groups in total. The van der Waals surface area contributed by atoms with Crippen molar-refractivity contribution in [2.45, 2.75) is 0 Å². The van der Waals surface area contributed by atoms with E-state index in [0.29, 0.717) is 0 Å². The molecule has 2 aromatic carbocycles. The van der Waals surface area contributed by atoms with E-state index in [1.54, 1.807) is 6.20 Å². The molecule has 0 amide bonds. The first-order chi connectivity index (χ1) is 13.3. The first-order valence-electron chi connectivity index (χ1n) is 8.53. The minimum atomic E-state index is -0.0217. The van der Waals surface area contributed by atoms with E-state index in [1.165, 1.54) is 17.4 Å². The zero-order valence-electron chi connectivity index (χ0n) is 14.4. The van der Waals surface area contributed by atoms with Crippen molar-refractivity contribution in [1.29, 1.82) is 0 Å². The molecular weight excluding hydrogens is 354 g/mol. The number of benzene rings is 2. The molecule has 2 aromatic heterocycles. The van der Waals surface area contributed by atoms with Gasteiger partial charge in [0.1, 0.15) is 5.82 Å². The smallest absolute Gasteiger partial charge is 0.197 e. The van der Waals surface area contributed by atoms with Crippen LogP contribution >= 0.6 is 11.3 Å². The van der Waals surface area contributed by atoms with Gasteiger partial charge in [0.15, 0.2) is 5.78 Å². The fraction of sp³-hybridized carbons (Fsp3) is 0.